The average Bonchev–Trinajstić information content (AvgIpc) is 2.97. The van der Waals surface area contributed by atoms with Crippen molar-refractivity contribution in [1.82, 2.24) is 0 Å². The molecule has 3 rings (SSSR count). The monoisotopic (exact) mass is 536 g/mol. The summed E-state index contributed by atoms with van der Waals surface area (Å²) >= 11 is 0. The van der Waals surface area contributed by atoms with E-state index in [1.165, 1.54) is 18.2 Å². The van der Waals surface area contributed by atoms with Gasteiger partial charge in [-0.2, -0.15) is 0 Å². The first-order chi connectivity index (χ1) is 19.0. The zero-order valence-corrected chi connectivity index (χ0v) is 22.9. The number of hydrogen-bond donors (Lipinski definition) is 0. The molecule has 1 aliphatic carbocycles. The number of rotatable bonds is 16. The van der Waals surface area contributed by atoms with Crippen LogP contribution in [-0.4, -0.2) is 38.0 Å². The summed E-state index contributed by atoms with van der Waals surface area (Å²) in [5, 5.41) is 0. The summed E-state index contributed by atoms with van der Waals surface area (Å²) in [6.45, 7) is 7.74. The maximum Gasteiger partial charge on any atom is 0.343 e. The molecule has 7 nitrogen and oxygen atoms in total. The lowest BCUT2D eigenvalue weighted by molar-refractivity contribution is -0.140. The van der Waals surface area contributed by atoms with Gasteiger partial charge in [0.05, 0.1) is 30.3 Å². The summed E-state index contributed by atoms with van der Waals surface area (Å²) < 4.78 is 22.1. The Morgan fingerprint density at radius 3 is 2.26 bits per heavy atom. The third-order valence-electron chi connectivity index (χ3n) is 7.06. The largest absolute Gasteiger partial charge is 0.494 e. The third-order valence-corrected chi connectivity index (χ3v) is 7.06. The fraction of sp³-hybridized carbons (Fsp3) is 0.469. The van der Waals surface area contributed by atoms with Gasteiger partial charge >= 0.3 is 11.9 Å². The van der Waals surface area contributed by atoms with Crippen molar-refractivity contribution in [3.8, 4) is 17.2 Å². The second kappa shape index (κ2) is 16.5. The van der Waals surface area contributed by atoms with Crippen LogP contribution < -0.4 is 14.2 Å². The molecular formula is C32H40O7. The van der Waals surface area contributed by atoms with Crippen molar-refractivity contribution in [3.05, 3.63) is 66.2 Å². The lowest BCUT2D eigenvalue weighted by Gasteiger charge is -2.26. The Morgan fingerprint density at radius 1 is 0.897 bits per heavy atom. The molecule has 0 amide bonds. The molecule has 0 unspecified atom stereocenters. The number of benzene rings is 2. The molecule has 1 fully saturated rings. The Kier molecular flexibility index (Phi) is 12.7. The van der Waals surface area contributed by atoms with E-state index < -0.39 is 5.97 Å². The molecule has 0 heterocycles. The van der Waals surface area contributed by atoms with E-state index in [0.29, 0.717) is 36.7 Å². The minimum Gasteiger partial charge on any atom is -0.494 e. The van der Waals surface area contributed by atoms with Crippen LogP contribution in [0.1, 0.15) is 85.4 Å². The molecule has 0 aliphatic heterocycles. The smallest absolute Gasteiger partial charge is 0.343 e. The molecule has 2 aromatic rings. The highest BCUT2D eigenvalue weighted by Gasteiger charge is 2.27. The van der Waals surface area contributed by atoms with Crippen LogP contribution in [0.4, 0.5) is 0 Å². The highest BCUT2D eigenvalue weighted by Crippen LogP contribution is 2.32. The molecule has 0 spiro atoms. The first kappa shape index (κ1) is 30.1. The second-order valence-electron chi connectivity index (χ2n) is 9.90. The summed E-state index contributed by atoms with van der Waals surface area (Å²) in [6.07, 6.45) is 11.2. The van der Waals surface area contributed by atoms with E-state index in [9.17, 15) is 14.4 Å². The van der Waals surface area contributed by atoms with Crippen LogP contribution in [-0.2, 0) is 9.53 Å². The van der Waals surface area contributed by atoms with Crippen LogP contribution in [0.5, 0.6) is 17.2 Å². The van der Waals surface area contributed by atoms with Crippen LogP contribution in [0.15, 0.2) is 55.1 Å². The standard InChI is InChI=1S/C32H40O7/c1-3-19-36-20-7-5-6-8-21-37-28-15-13-26(14-16-28)31(34)38-29-17-18-30(27(22-29)23-33)39-32(35)25-11-9-24(4-2)10-12-25/h3,13-18,22-25H,1,4-12,19-21H2,2H3. The van der Waals surface area contributed by atoms with E-state index in [1.807, 2.05) is 0 Å². The number of carbonyl (C=O) groups excluding carboxylic acids is 3. The van der Waals surface area contributed by atoms with Gasteiger partial charge in [0.2, 0.25) is 0 Å². The van der Waals surface area contributed by atoms with Gasteiger partial charge in [0.1, 0.15) is 17.2 Å². The highest BCUT2D eigenvalue weighted by molar-refractivity contribution is 5.91. The number of carbonyl (C=O) groups is 3. The minimum atomic E-state index is -0.561. The van der Waals surface area contributed by atoms with Gasteiger partial charge < -0.3 is 18.9 Å². The zero-order chi connectivity index (χ0) is 27.9. The van der Waals surface area contributed by atoms with Crippen molar-refractivity contribution in [2.45, 2.75) is 64.7 Å². The predicted octanol–water partition coefficient (Wildman–Crippen LogP) is 6.98. The SMILES string of the molecule is C=CCOCCCCCCOc1ccc(C(=O)Oc2ccc(OC(=O)C3CCC(CC)CC3)c(C=O)c2)cc1. The summed E-state index contributed by atoms with van der Waals surface area (Å²) in [7, 11) is 0. The van der Waals surface area contributed by atoms with Gasteiger partial charge in [-0.05, 0) is 93.3 Å². The molecule has 210 valence electrons. The second-order valence-corrected chi connectivity index (χ2v) is 9.90. The molecule has 1 saturated carbocycles. The quantitative estimate of drug-likeness (QED) is 0.0752. The van der Waals surface area contributed by atoms with Crippen LogP contribution in [0.2, 0.25) is 0 Å². The van der Waals surface area contributed by atoms with Gasteiger partial charge in [-0.3, -0.25) is 9.59 Å². The van der Waals surface area contributed by atoms with E-state index in [4.69, 9.17) is 18.9 Å². The first-order valence-electron chi connectivity index (χ1n) is 14.0. The molecule has 7 heteroatoms. The van der Waals surface area contributed by atoms with E-state index in [1.54, 1.807) is 30.3 Å². The number of hydrogen-bond acceptors (Lipinski definition) is 7. The molecule has 2 aromatic carbocycles. The van der Waals surface area contributed by atoms with Crippen LogP contribution in [0.3, 0.4) is 0 Å². The number of ether oxygens (including phenoxy) is 4. The van der Waals surface area contributed by atoms with E-state index in [0.717, 1.165) is 64.4 Å². The maximum absolute atomic E-state index is 12.6. The molecule has 0 atom stereocenters. The highest BCUT2D eigenvalue weighted by atomic mass is 16.5. The van der Waals surface area contributed by atoms with Crippen molar-refractivity contribution >= 4 is 18.2 Å². The molecular weight excluding hydrogens is 496 g/mol. The van der Waals surface area contributed by atoms with Crippen LogP contribution in [0, 0.1) is 11.8 Å². The van der Waals surface area contributed by atoms with Gasteiger partial charge in [-0.15, -0.1) is 6.58 Å². The molecule has 0 N–H and O–H groups in total. The van der Waals surface area contributed by atoms with Gasteiger partial charge in [0.15, 0.2) is 6.29 Å². The van der Waals surface area contributed by atoms with Gasteiger partial charge in [0.25, 0.3) is 0 Å². The zero-order valence-electron chi connectivity index (χ0n) is 22.9. The van der Waals surface area contributed by atoms with Gasteiger partial charge in [-0.25, -0.2) is 4.79 Å². The third kappa shape index (κ3) is 9.98. The van der Waals surface area contributed by atoms with Crippen molar-refractivity contribution in [1.29, 1.82) is 0 Å². The van der Waals surface area contributed by atoms with Crippen molar-refractivity contribution in [2.24, 2.45) is 11.8 Å². The first-order valence-corrected chi connectivity index (χ1v) is 14.0. The summed E-state index contributed by atoms with van der Waals surface area (Å²) in [5.41, 5.74) is 0.511. The number of unbranched alkanes of at least 4 members (excludes halogenated alkanes) is 3. The van der Waals surface area contributed by atoms with E-state index >= 15 is 0 Å². The topological polar surface area (TPSA) is 88.1 Å². The van der Waals surface area contributed by atoms with Crippen molar-refractivity contribution < 1.29 is 33.3 Å². The van der Waals surface area contributed by atoms with Crippen LogP contribution >= 0.6 is 0 Å². The maximum atomic E-state index is 12.6. The molecule has 0 aromatic heterocycles. The lowest BCUT2D eigenvalue weighted by Crippen LogP contribution is -2.25. The number of aldehydes is 1. The molecule has 0 saturated heterocycles. The fourth-order valence-corrected chi connectivity index (χ4v) is 4.64. The fourth-order valence-electron chi connectivity index (χ4n) is 4.64. The number of esters is 2. The Bertz CT molecular complexity index is 1070. The van der Waals surface area contributed by atoms with E-state index in [2.05, 4.69) is 13.5 Å². The molecule has 0 bridgehead atoms. The van der Waals surface area contributed by atoms with Gasteiger partial charge in [-0.1, -0.05) is 25.8 Å². The average molecular weight is 537 g/mol. The Labute approximate surface area is 231 Å². The van der Waals surface area contributed by atoms with Crippen LogP contribution in [0.25, 0.3) is 0 Å². The summed E-state index contributed by atoms with van der Waals surface area (Å²) in [5.74, 6) is 0.701. The van der Waals surface area contributed by atoms with E-state index in [-0.39, 0.29) is 28.9 Å². The molecule has 0 radical (unpaired) electrons. The molecule has 1 aliphatic rings. The lowest BCUT2D eigenvalue weighted by atomic mass is 9.81. The Hall–Kier alpha value is -3.45. The van der Waals surface area contributed by atoms with Crippen molar-refractivity contribution in [2.75, 3.05) is 19.8 Å². The minimum absolute atomic E-state index is 0.149. The molecule has 39 heavy (non-hydrogen) atoms. The van der Waals surface area contributed by atoms with Crippen molar-refractivity contribution in [3.63, 3.8) is 0 Å². The summed E-state index contributed by atoms with van der Waals surface area (Å²) in [6, 6.07) is 11.2. The van der Waals surface area contributed by atoms with Gasteiger partial charge in [0, 0.05) is 6.61 Å². The normalized spacial score (nSPS) is 16.7. The predicted molar refractivity (Wildman–Crippen MR) is 150 cm³/mol. The summed E-state index contributed by atoms with van der Waals surface area (Å²) in [4.78, 5) is 36.9. The Morgan fingerprint density at radius 2 is 1.59 bits per heavy atom. The Balaban J connectivity index is 1.44.